The molecule has 146 valence electrons. The third kappa shape index (κ3) is 8.64. The van der Waals surface area contributed by atoms with Crippen molar-refractivity contribution in [3.8, 4) is 0 Å². The van der Waals surface area contributed by atoms with Gasteiger partial charge in [0.1, 0.15) is 5.78 Å². The molecule has 0 fully saturated rings. The number of hydrogen-bond acceptors (Lipinski definition) is 3. The van der Waals surface area contributed by atoms with Crippen molar-refractivity contribution in [3.63, 3.8) is 0 Å². The first-order valence-electron chi connectivity index (χ1n) is 9.99. The molecule has 1 rings (SSSR count). The van der Waals surface area contributed by atoms with Gasteiger partial charge < -0.3 is 10.2 Å². The fraction of sp³-hybridized carbons (Fsp3) is 0.682. The molecule has 3 atom stereocenters. The zero-order valence-corrected chi connectivity index (χ0v) is 16.2. The summed E-state index contributed by atoms with van der Waals surface area (Å²) in [7, 11) is 0. The molecule has 0 aromatic rings. The molecule has 0 spiro atoms. The normalized spacial score (nSPS) is 18.8. The number of carboxylic acid groups (broad SMARTS) is 1. The van der Waals surface area contributed by atoms with E-state index in [0.717, 1.165) is 31.3 Å². The Hall–Kier alpha value is -1.64. The number of allylic oxidation sites excluding steroid dienone is 2. The Labute approximate surface area is 157 Å². The second kappa shape index (κ2) is 12.7. The lowest BCUT2D eigenvalue weighted by atomic mass is 9.90. The standard InChI is InChI=1S/C22H34O4/c1-3-4-6-10-17(2)11-9-12-18-15-16-20(23)19(18)13-7-5-8-14-21(24)22(25)26/h5,14-15,17,19,21,24H,3-4,6-7,9-13,16H2,1-2H3,(H,25,26)/t8?,17?,19-,21?/m1/s1. The van der Waals surface area contributed by atoms with Crippen molar-refractivity contribution >= 4 is 11.8 Å². The SMILES string of the molecule is CCCCCC(C)CCCC1=CCC(=O)[C@@H]1CCC=C=CC(O)C(=O)O. The Bertz CT molecular complexity index is 540. The van der Waals surface area contributed by atoms with E-state index in [1.165, 1.54) is 37.7 Å². The van der Waals surface area contributed by atoms with Gasteiger partial charge >= 0.3 is 5.97 Å². The fourth-order valence-electron chi connectivity index (χ4n) is 3.45. The first-order chi connectivity index (χ1) is 12.5. The highest BCUT2D eigenvalue weighted by atomic mass is 16.4. The van der Waals surface area contributed by atoms with Crippen LogP contribution in [0.1, 0.15) is 78.1 Å². The second-order valence-electron chi connectivity index (χ2n) is 7.39. The first kappa shape index (κ1) is 22.4. The van der Waals surface area contributed by atoms with Gasteiger partial charge in [-0.3, -0.25) is 4.79 Å². The number of unbranched alkanes of at least 4 members (excludes halogenated alkanes) is 2. The molecule has 0 aromatic carbocycles. The Kier molecular flexibility index (Phi) is 10.9. The van der Waals surface area contributed by atoms with Crippen LogP contribution in [0.15, 0.2) is 29.5 Å². The molecule has 0 saturated carbocycles. The van der Waals surface area contributed by atoms with Crippen LogP contribution in [-0.4, -0.2) is 28.1 Å². The minimum Gasteiger partial charge on any atom is -0.479 e. The molecule has 0 saturated heterocycles. The Balaban J connectivity index is 2.34. The van der Waals surface area contributed by atoms with Crippen molar-refractivity contribution in [1.82, 2.24) is 0 Å². The third-order valence-electron chi connectivity index (χ3n) is 5.09. The van der Waals surface area contributed by atoms with Gasteiger partial charge in [-0.25, -0.2) is 4.79 Å². The van der Waals surface area contributed by atoms with Crippen LogP contribution < -0.4 is 0 Å². The molecule has 0 aliphatic heterocycles. The summed E-state index contributed by atoms with van der Waals surface area (Å²) in [5.41, 5.74) is 3.97. The number of aliphatic carboxylic acids is 1. The van der Waals surface area contributed by atoms with Crippen LogP contribution in [0, 0.1) is 11.8 Å². The van der Waals surface area contributed by atoms with Gasteiger partial charge in [0.15, 0.2) is 6.10 Å². The first-order valence-corrected chi connectivity index (χ1v) is 9.99. The predicted molar refractivity (Wildman–Crippen MR) is 104 cm³/mol. The maximum absolute atomic E-state index is 12.1. The molecule has 0 bridgehead atoms. The van der Waals surface area contributed by atoms with Crippen molar-refractivity contribution < 1.29 is 19.8 Å². The van der Waals surface area contributed by atoms with Gasteiger partial charge in [-0.1, -0.05) is 57.6 Å². The van der Waals surface area contributed by atoms with Crippen LogP contribution in [0.4, 0.5) is 0 Å². The lowest BCUT2D eigenvalue weighted by Crippen LogP contribution is -2.15. The Morgan fingerprint density at radius 2 is 2.08 bits per heavy atom. The molecule has 2 N–H and O–H groups in total. The molecular weight excluding hydrogens is 328 g/mol. The number of carboxylic acids is 1. The highest BCUT2D eigenvalue weighted by molar-refractivity contribution is 5.88. The van der Waals surface area contributed by atoms with E-state index in [4.69, 9.17) is 10.2 Å². The van der Waals surface area contributed by atoms with Crippen molar-refractivity contribution in [2.24, 2.45) is 11.8 Å². The summed E-state index contributed by atoms with van der Waals surface area (Å²) in [4.78, 5) is 22.6. The van der Waals surface area contributed by atoms with E-state index in [-0.39, 0.29) is 5.92 Å². The smallest absolute Gasteiger partial charge is 0.337 e. The molecule has 0 heterocycles. The molecule has 4 nitrogen and oxygen atoms in total. The van der Waals surface area contributed by atoms with Crippen LogP contribution in [0.2, 0.25) is 0 Å². The van der Waals surface area contributed by atoms with Gasteiger partial charge in [0, 0.05) is 12.3 Å². The van der Waals surface area contributed by atoms with Crippen LogP contribution in [-0.2, 0) is 9.59 Å². The fourth-order valence-corrected chi connectivity index (χ4v) is 3.45. The van der Waals surface area contributed by atoms with E-state index in [0.29, 0.717) is 18.6 Å². The van der Waals surface area contributed by atoms with E-state index >= 15 is 0 Å². The number of aliphatic hydroxyl groups is 1. The highest BCUT2D eigenvalue weighted by Crippen LogP contribution is 2.31. The molecule has 0 aromatic heterocycles. The average molecular weight is 363 g/mol. The van der Waals surface area contributed by atoms with E-state index < -0.39 is 12.1 Å². The van der Waals surface area contributed by atoms with Gasteiger partial charge in [-0.05, 0) is 43.8 Å². The Morgan fingerprint density at radius 1 is 1.35 bits per heavy atom. The van der Waals surface area contributed by atoms with Crippen LogP contribution in [0.3, 0.4) is 0 Å². The molecule has 0 amide bonds. The number of Topliss-reactive ketones (excluding diaryl/α,β-unsaturated/α-hetero) is 1. The predicted octanol–water partition coefficient (Wildman–Crippen LogP) is 4.83. The lowest BCUT2D eigenvalue weighted by molar-refractivity contribution is -0.144. The van der Waals surface area contributed by atoms with Gasteiger partial charge in [-0.15, -0.1) is 5.73 Å². The number of carbonyl (C=O) groups excluding carboxylic acids is 1. The number of carbonyl (C=O) groups is 2. The van der Waals surface area contributed by atoms with Gasteiger partial charge in [0.05, 0.1) is 0 Å². The molecule has 1 aliphatic carbocycles. The number of hydrogen-bond donors (Lipinski definition) is 2. The molecule has 2 unspecified atom stereocenters. The summed E-state index contributed by atoms with van der Waals surface area (Å²) in [5.74, 6) is -0.232. The minimum absolute atomic E-state index is 0.00726. The minimum atomic E-state index is -1.52. The summed E-state index contributed by atoms with van der Waals surface area (Å²) in [6.45, 7) is 4.55. The number of rotatable bonds is 13. The highest BCUT2D eigenvalue weighted by Gasteiger charge is 2.26. The molecular formula is C22H34O4. The van der Waals surface area contributed by atoms with E-state index in [2.05, 4.69) is 25.7 Å². The second-order valence-corrected chi connectivity index (χ2v) is 7.39. The lowest BCUT2D eigenvalue weighted by Gasteiger charge is -2.15. The van der Waals surface area contributed by atoms with Crippen LogP contribution in [0.25, 0.3) is 0 Å². The quantitative estimate of drug-likeness (QED) is 0.280. The largest absolute Gasteiger partial charge is 0.479 e. The summed E-state index contributed by atoms with van der Waals surface area (Å²) < 4.78 is 0. The van der Waals surface area contributed by atoms with Crippen LogP contribution in [0.5, 0.6) is 0 Å². The van der Waals surface area contributed by atoms with Crippen molar-refractivity contribution in [3.05, 3.63) is 29.5 Å². The summed E-state index contributed by atoms with van der Waals surface area (Å²) in [6, 6.07) is 0. The van der Waals surface area contributed by atoms with E-state index in [1.807, 2.05) is 0 Å². The monoisotopic (exact) mass is 362 g/mol. The topological polar surface area (TPSA) is 74.6 Å². The maximum Gasteiger partial charge on any atom is 0.337 e. The van der Waals surface area contributed by atoms with Crippen molar-refractivity contribution in [2.45, 2.75) is 84.2 Å². The number of ketones is 1. The molecule has 26 heavy (non-hydrogen) atoms. The molecule has 4 heteroatoms. The number of aliphatic hydroxyl groups excluding tert-OH is 1. The Morgan fingerprint density at radius 3 is 2.77 bits per heavy atom. The van der Waals surface area contributed by atoms with Crippen LogP contribution >= 0.6 is 0 Å². The van der Waals surface area contributed by atoms with Gasteiger partial charge in [0.25, 0.3) is 0 Å². The summed E-state index contributed by atoms with van der Waals surface area (Å²) >= 11 is 0. The van der Waals surface area contributed by atoms with Gasteiger partial charge in [-0.2, -0.15) is 0 Å². The summed E-state index contributed by atoms with van der Waals surface area (Å²) in [6.07, 6.45) is 13.9. The summed E-state index contributed by atoms with van der Waals surface area (Å²) in [5, 5.41) is 17.7. The maximum atomic E-state index is 12.1. The molecule has 1 aliphatic rings. The van der Waals surface area contributed by atoms with E-state index in [9.17, 15) is 9.59 Å². The zero-order valence-electron chi connectivity index (χ0n) is 16.2. The van der Waals surface area contributed by atoms with Crippen molar-refractivity contribution in [2.75, 3.05) is 0 Å². The molecule has 0 radical (unpaired) electrons. The zero-order chi connectivity index (χ0) is 19.4. The third-order valence-corrected chi connectivity index (χ3v) is 5.09. The average Bonchev–Trinajstić information content (AvgIpc) is 2.94. The van der Waals surface area contributed by atoms with E-state index in [1.54, 1.807) is 6.08 Å². The van der Waals surface area contributed by atoms with Crippen molar-refractivity contribution in [1.29, 1.82) is 0 Å². The van der Waals surface area contributed by atoms with Gasteiger partial charge in [0.2, 0.25) is 0 Å².